The highest BCUT2D eigenvalue weighted by molar-refractivity contribution is 5.87. The first-order valence-corrected chi connectivity index (χ1v) is 21.5. The minimum atomic E-state index is -1.69. The lowest BCUT2D eigenvalue weighted by atomic mass is 9.44. The van der Waals surface area contributed by atoms with Crippen molar-refractivity contribution in [2.24, 2.45) is 22.7 Å². The van der Waals surface area contributed by atoms with Gasteiger partial charge in [-0.1, -0.05) is 19.9 Å². The number of fused-ring (bicyclic) bond motifs is 2. The fourth-order valence-corrected chi connectivity index (χ4v) is 12.9. The summed E-state index contributed by atoms with van der Waals surface area (Å²) in [5.41, 5.74) is 1.87. The molecule has 9 rings (SSSR count). The lowest BCUT2D eigenvalue weighted by molar-refractivity contribution is -0.355. The second-order valence-corrected chi connectivity index (χ2v) is 19.0. The monoisotopic (exact) mass is 838 g/mol. The zero-order chi connectivity index (χ0) is 41.8. The Balaban J connectivity index is 0.797. The Kier molecular flexibility index (Phi) is 11.2. The molecule has 7 fully saturated rings. The molecule has 0 aromatic carbocycles. The van der Waals surface area contributed by atoms with Crippen LogP contribution in [-0.2, 0) is 47.4 Å². The molecule has 17 nitrogen and oxygen atoms in total. The number of rotatable bonds is 10. The normalized spacial score (nSPS) is 54.3. The molecule has 59 heavy (non-hydrogen) atoms. The van der Waals surface area contributed by atoms with E-state index >= 15 is 0 Å². The van der Waals surface area contributed by atoms with Gasteiger partial charge in [-0.05, 0) is 81.1 Å². The summed E-state index contributed by atoms with van der Waals surface area (Å²) in [6.07, 6.45) is -5.56. The number of cyclic esters (lactones) is 1. The number of hydrogen-bond donors (Lipinski definition) is 7. The van der Waals surface area contributed by atoms with Crippen LogP contribution in [0.1, 0.15) is 78.6 Å². The van der Waals surface area contributed by atoms with Crippen LogP contribution in [0.4, 0.5) is 0 Å². The number of methoxy groups -OCH3 is 1. The number of carbonyl (C=O) groups is 1. The van der Waals surface area contributed by atoms with Gasteiger partial charge in [0.2, 0.25) is 0 Å². The molecule has 9 aliphatic rings. The quantitative estimate of drug-likeness (QED) is 0.0861. The van der Waals surface area contributed by atoms with Crippen LogP contribution in [0.25, 0.3) is 0 Å². The number of esters is 1. The second kappa shape index (κ2) is 15.6. The van der Waals surface area contributed by atoms with Crippen LogP contribution < -0.4 is 0 Å². The number of carbonyl (C=O) groups excluding carboxylic acids is 1. The number of aliphatic hydroxyl groups is 7. The molecule has 7 N–H and O–H groups in total. The van der Waals surface area contributed by atoms with Crippen molar-refractivity contribution in [3.63, 3.8) is 0 Å². The van der Waals surface area contributed by atoms with Crippen LogP contribution in [0.15, 0.2) is 23.3 Å². The van der Waals surface area contributed by atoms with Crippen molar-refractivity contribution in [1.29, 1.82) is 0 Å². The van der Waals surface area contributed by atoms with Crippen LogP contribution in [0, 0.1) is 22.7 Å². The molecular weight excluding hydrogens is 776 g/mol. The van der Waals surface area contributed by atoms with Crippen molar-refractivity contribution in [2.45, 2.75) is 182 Å². The SMILES string of the molecule is CO[C@H]1C[C@@H](O[C@@H]2CC[C@]3(C)[C@@H](CC[C@]45O[C@]46CC=C(C4=CC(=O)OC4)[C@]6(C)CC[C@@H]35)C2)O[C@@H](C)[C@H]1O[C@H]1O[C@@H](CO[C@H]2O[C@@H](CO)[C@H](O)[C@@H](O)[C@@H]2O)[C@H](O)[C@@H](O)[C@@H]1O. The van der Waals surface area contributed by atoms with Crippen molar-refractivity contribution < 1.29 is 83.2 Å². The van der Waals surface area contributed by atoms with Gasteiger partial charge in [-0.25, -0.2) is 4.79 Å². The summed E-state index contributed by atoms with van der Waals surface area (Å²) in [4.78, 5) is 12.0. The highest BCUT2D eigenvalue weighted by Gasteiger charge is 2.85. The summed E-state index contributed by atoms with van der Waals surface area (Å²) in [6.45, 7) is 5.85. The summed E-state index contributed by atoms with van der Waals surface area (Å²) >= 11 is 0. The predicted molar refractivity (Wildman–Crippen MR) is 200 cm³/mol. The zero-order valence-electron chi connectivity index (χ0n) is 34.2. The first kappa shape index (κ1) is 42.6. The molecule has 4 aliphatic carbocycles. The molecule has 0 radical (unpaired) electrons. The molecule has 4 saturated heterocycles. The number of ether oxygens (including phenoxy) is 9. The molecule has 3 saturated carbocycles. The first-order valence-electron chi connectivity index (χ1n) is 21.5. The molecule has 0 amide bonds. The van der Waals surface area contributed by atoms with E-state index < -0.39 is 99.2 Å². The third-order valence-corrected chi connectivity index (χ3v) is 16.2. The van der Waals surface area contributed by atoms with E-state index in [4.69, 9.17) is 42.6 Å². The molecule has 0 unspecified atom stereocenters. The number of aliphatic hydroxyl groups excluding tert-OH is 7. The Labute approximate surface area is 343 Å². The van der Waals surface area contributed by atoms with E-state index in [1.807, 2.05) is 6.92 Å². The topological polar surface area (TPSA) is 245 Å². The Hall–Kier alpha value is -1.65. The molecule has 0 aromatic heterocycles. The van der Waals surface area contributed by atoms with E-state index in [2.05, 4.69) is 19.9 Å². The lowest BCUT2D eigenvalue weighted by Crippen LogP contribution is -2.63. The number of epoxide rings is 1. The van der Waals surface area contributed by atoms with Gasteiger partial charge < -0.3 is 78.4 Å². The van der Waals surface area contributed by atoms with E-state index in [1.165, 1.54) is 5.57 Å². The molecule has 17 heteroatoms. The van der Waals surface area contributed by atoms with Crippen LogP contribution in [0.3, 0.4) is 0 Å². The van der Waals surface area contributed by atoms with Crippen molar-refractivity contribution in [3.05, 3.63) is 23.3 Å². The van der Waals surface area contributed by atoms with Gasteiger partial charge in [0, 0.05) is 30.6 Å². The smallest absolute Gasteiger partial charge is 0.331 e. The maximum Gasteiger partial charge on any atom is 0.331 e. The van der Waals surface area contributed by atoms with Crippen LogP contribution in [-0.4, -0.2) is 172 Å². The lowest BCUT2D eigenvalue weighted by Gasteiger charge is -2.58. The average molecular weight is 839 g/mol. The molecule has 5 aliphatic heterocycles. The maximum absolute atomic E-state index is 12.0. The van der Waals surface area contributed by atoms with Gasteiger partial charge in [0.15, 0.2) is 18.9 Å². The summed E-state index contributed by atoms with van der Waals surface area (Å²) in [6, 6.07) is 0. The van der Waals surface area contributed by atoms with E-state index in [9.17, 15) is 40.5 Å². The zero-order valence-corrected chi connectivity index (χ0v) is 34.2. The van der Waals surface area contributed by atoms with E-state index in [-0.39, 0.29) is 34.1 Å². The average Bonchev–Trinajstić information content (AvgIpc) is 3.53. The largest absolute Gasteiger partial charge is 0.458 e. The van der Waals surface area contributed by atoms with E-state index in [0.717, 1.165) is 56.9 Å². The van der Waals surface area contributed by atoms with Crippen molar-refractivity contribution in [1.82, 2.24) is 0 Å². The van der Waals surface area contributed by atoms with Crippen molar-refractivity contribution in [3.8, 4) is 0 Å². The fourth-order valence-electron chi connectivity index (χ4n) is 12.9. The van der Waals surface area contributed by atoms with E-state index in [1.54, 1.807) is 13.2 Å². The van der Waals surface area contributed by atoms with Crippen LogP contribution in [0.5, 0.6) is 0 Å². The van der Waals surface area contributed by atoms with Gasteiger partial charge in [0.25, 0.3) is 0 Å². The highest BCUT2D eigenvalue weighted by Crippen LogP contribution is 2.80. The predicted octanol–water partition coefficient (Wildman–Crippen LogP) is -0.132. The summed E-state index contributed by atoms with van der Waals surface area (Å²) in [5.74, 6) is 0.660. The Bertz CT molecular complexity index is 1660. The molecule has 332 valence electrons. The second-order valence-electron chi connectivity index (χ2n) is 19.0. The minimum Gasteiger partial charge on any atom is -0.458 e. The molecule has 21 atom stereocenters. The summed E-state index contributed by atoms with van der Waals surface area (Å²) in [7, 11) is 1.55. The van der Waals surface area contributed by atoms with E-state index in [0.29, 0.717) is 24.9 Å². The Morgan fingerprint density at radius 2 is 1.56 bits per heavy atom. The van der Waals surface area contributed by atoms with Crippen LogP contribution >= 0.6 is 0 Å². The molecule has 0 aromatic rings. The Morgan fingerprint density at radius 3 is 2.27 bits per heavy atom. The molecule has 5 heterocycles. The van der Waals surface area contributed by atoms with Crippen molar-refractivity contribution >= 4 is 5.97 Å². The van der Waals surface area contributed by atoms with Gasteiger partial charge >= 0.3 is 5.97 Å². The van der Waals surface area contributed by atoms with Crippen molar-refractivity contribution in [2.75, 3.05) is 26.9 Å². The van der Waals surface area contributed by atoms with Gasteiger partial charge in [0.05, 0.1) is 31.5 Å². The third kappa shape index (κ3) is 6.64. The van der Waals surface area contributed by atoms with Gasteiger partial charge in [-0.3, -0.25) is 0 Å². The summed E-state index contributed by atoms with van der Waals surface area (Å²) in [5, 5.41) is 72.4. The molecule has 0 bridgehead atoms. The number of hydrogen-bond acceptors (Lipinski definition) is 17. The third-order valence-electron chi connectivity index (χ3n) is 16.2. The van der Waals surface area contributed by atoms with Gasteiger partial charge in [-0.15, -0.1) is 0 Å². The fraction of sp³-hybridized carbons (Fsp3) is 0.881. The molecule has 2 spiro atoms. The maximum atomic E-state index is 12.0. The minimum absolute atomic E-state index is 0.00610. The summed E-state index contributed by atoms with van der Waals surface area (Å²) < 4.78 is 54.4. The van der Waals surface area contributed by atoms with Gasteiger partial charge in [-0.2, -0.15) is 0 Å². The first-order chi connectivity index (χ1) is 28.1. The standard InChI is InChI=1S/C42H62O17/c1-19-36(58-38-35(50)33(48)31(46)26(57-38)18-53-37-34(49)32(47)30(45)25(16-43)56-37)24(51-4)15-29(54-19)55-22-6-9-39(2)21(14-22)5-11-41-27(39)8-10-40(3)23(7-12-42(40,41)59-41)20-13-28(44)52-17-20/h7,13,19,21-22,24-27,29-38,43,45-50H,5-6,8-12,14-18H2,1-4H3/t19-,21-,22+,24-,25-,26-,27-,29+,30-,31-,32+,33+,34-,35-,36+,37-,38+,39+,40-,41+,42-/m0/s1. The Morgan fingerprint density at radius 1 is 0.831 bits per heavy atom. The van der Waals surface area contributed by atoms with Crippen LogP contribution in [0.2, 0.25) is 0 Å². The molecular formula is C42H62O17. The van der Waals surface area contributed by atoms with Gasteiger partial charge in [0.1, 0.15) is 72.7 Å². The highest BCUT2D eigenvalue weighted by atomic mass is 16.8.